The van der Waals surface area contributed by atoms with Gasteiger partial charge in [-0.15, -0.1) is 0 Å². The van der Waals surface area contributed by atoms with Gasteiger partial charge in [-0.3, -0.25) is 0 Å². The molecule has 2 N–H and O–H groups in total. The van der Waals surface area contributed by atoms with E-state index in [-0.39, 0.29) is 0 Å². The molecule has 1 rings (SSSR count). The molecular weight excluding hydrogens is 466 g/mol. The van der Waals surface area contributed by atoms with Gasteiger partial charge < -0.3 is 15.2 Å². The van der Waals surface area contributed by atoms with Crippen LogP contribution in [0.25, 0.3) is 0 Å². The van der Waals surface area contributed by atoms with E-state index in [0.29, 0.717) is 25.7 Å². The lowest BCUT2D eigenvalue weighted by Gasteiger charge is -2.16. The van der Waals surface area contributed by atoms with Gasteiger partial charge in [0.1, 0.15) is 0 Å². The first kappa shape index (κ1) is 19.4. The number of aliphatic hydroxyl groups excluding tert-OH is 1. The fraction of sp³-hybridized carbons (Fsp3) is 0.600. The number of halogens is 3. The quantitative estimate of drug-likeness (QED) is 0.470. The normalized spacial score (nSPS) is 12.7. The number of hydrogen-bond acceptors (Lipinski definition) is 3. The molecule has 0 aliphatic heterocycles. The average molecular weight is 488 g/mol. The van der Waals surface area contributed by atoms with Gasteiger partial charge in [-0.25, -0.2) is 0 Å². The maximum atomic E-state index is 9.93. The van der Waals surface area contributed by atoms with Crippen LogP contribution >= 0.6 is 47.8 Å². The lowest BCUT2D eigenvalue weighted by Crippen LogP contribution is -2.25. The van der Waals surface area contributed by atoms with Crippen LogP contribution in [0.15, 0.2) is 25.6 Å². The van der Waals surface area contributed by atoms with Crippen molar-refractivity contribution in [2.75, 3.05) is 25.1 Å². The van der Waals surface area contributed by atoms with Crippen LogP contribution in [-0.2, 0) is 4.74 Å². The molecule has 0 aliphatic carbocycles. The first-order valence-corrected chi connectivity index (χ1v) is 9.42. The molecule has 0 aromatic heterocycles. The molecule has 0 bridgehead atoms. The van der Waals surface area contributed by atoms with E-state index in [1.165, 1.54) is 0 Å². The highest BCUT2D eigenvalue weighted by Gasteiger charge is 2.09. The summed E-state index contributed by atoms with van der Waals surface area (Å²) in [7, 11) is 0. The summed E-state index contributed by atoms with van der Waals surface area (Å²) in [6.45, 7) is 5.92. The lowest BCUT2D eigenvalue weighted by atomic mass is 10.1. The van der Waals surface area contributed by atoms with E-state index in [9.17, 15) is 5.11 Å². The second-order valence-corrected chi connectivity index (χ2v) is 8.01. The number of hydrogen-bond donors (Lipinski definition) is 2. The predicted molar refractivity (Wildman–Crippen MR) is 98.9 cm³/mol. The number of ether oxygens (including phenoxy) is 1. The zero-order valence-corrected chi connectivity index (χ0v) is 17.1. The molecule has 0 heterocycles. The maximum Gasteiger partial charge on any atom is 0.0945 e. The number of rotatable bonds is 9. The molecule has 0 saturated carbocycles. The Morgan fingerprint density at radius 2 is 1.81 bits per heavy atom. The van der Waals surface area contributed by atoms with Crippen LogP contribution in [0, 0.1) is 5.92 Å². The summed E-state index contributed by atoms with van der Waals surface area (Å²) < 4.78 is 8.36. The number of nitrogens with one attached hydrogen (secondary N) is 1. The Bertz CT molecular complexity index is 418. The minimum Gasteiger partial charge on any atom is -0.389 e. The molecule has 3 nitrogen and oxygen atoms in total. The zero-order chi connectivity index (χ0) is 15.8. The van der Waals surface area contributed by atoms with Gasteiger partial charge in [0.15, 0.2) is 0 Å². The highest BCUT2D eigenvalue weighted by molar-refractivity contribution is 9.11. The Morgan fingerprint density at radius 1 is 1.19 bits per heavy atom. The molecule has 21 heavy (non-hydrogen) atoms. The molecule has 0 radical (unpaired) electrons. The van der Waals surface area contributed by atoms with Crippen molar-refractivity contribution in [2.45, 2.75) is 32.8 Å². The van der Waals surface area contributed by atoms with Crippen LogP contribution in [-0.4, -0.2) is 31.0 Å². The Hall–Kier alpha value is 0.380. The van der Waals surface area contributed by atoms with Crippen LogP contribution in [0.4, 0.5) is 5.69 Å². The Labute approximate surface area is 152 Å². The van der Waals surface area contributed by atoms with Gasteiger partial charge in [0.25, 0.3) is 0 Å². The Kier molecular flexibility index (Phi) is 9.45. The van der Waals surface area contributed by atoms with E-state index < -0.39 is 6.10 Å². The van der Waals surface area contributed by atoms with Crippen LogP contribution in [0.3, 0.4) is 0 Å². The van der Waals surface area contributed by atoms with Crippen LogP contribution in [0.2, 0.25) is 0 Å². The van der Waals surface area contributed by atoms with Crippen molar-refractivity contribution in [1.29, 1.82) is 0 Å². The Morgan fingerprint density at radius 3 is 2.38 bits per heavy atom. The zero-order valence-electron chi connectivity index (χ0n) is 12.3. The molecule has 1 unspecified atom stereocenters. The summed E-state index contributed by atoms with van der Waals surface area (Å²) in [5.41, 5.74) is 0.928. The van der Waals surface area contributed by atoms with E-state index in [0.717, 1.165) is 31.9 Å². The largest absolute Gasteiger partial charge is 0.389 e. The minimum atomic E-state index is -0.522. The first-order chi connectivity index (χ1) is 9.90. The molecule has 120 valence electrons. The monoisotopic (exact) mass is 485 g/mol. The van der Waals surface area contributed by atoms with Gasteiger partial charge >= 0.3 is 0 Å². The molecule has 1 aromatic carbocycles. The fourth-order valence-corrected chi connectivity index (χ4v) is 4.34. The van der Waals surface area contributed by atoms with Gasteiger partial charge in [0.2, 0.25) is 0 Å². The van der Waals surface area contributed by atoms with Crippen molar-refractivity contribution in [3.63, 3.8) is 0 Å². The van der Waals surface area contributed by atoms with E-state index >= 15 is 0 Å². The molecule has 0 saturated heterocycles. The van der Waals surface area contributed by atoms with Crippen LogP contribution in [0.5, 0.6) is 0 Å². The van der Waals surface area contributed by atoms with E-state index in [1.807, 2.05) is 12.1 Å². The first-order valence-electron chi connectivity index (χ1n) is 7.04. The maximum absolute atomic E-state index is 9.93. The Balaban J connectivity index is 2.29. The second kappa shape index (κ2) is 10.2. The van der Waals surface area contributed by atoms with E-state index in [1.54, 1.807) is 0 Å². The van der Waals surface area contributed by atoms with E-state index in [4.69, 9.17) is 4.74 Å². The summed E-state index contributed by atoms with van der Waals surface area (Å²) in [5.74, 6) is 0.701. The summed E-state index contributed by atoms with van der Waals surface area (Å²) in [6.07, 6.45) is 1.68. The van der Waals surface area contributed by atoms with Gasteiger partial charge in [-0.05, 0) is 62.8 Å². The molecule has 1 atom stereocenters. The number of anilines is 1. The second-order valence-electron chi connectivity index (χ2n) is 5.39. The van der Waals surface area contributed by atoms with Crippen LogP contribution in [0.1, 0.15) is 26.7 Å². The lowest BCUT2D eigenvalue weighted by molar-refractivity contribution is 0.0409. The minimum absolute atomic E-state index is 0.358. The molecule has 0 fully saturated rings. The number of aliphatic hydroxyl groups is 1. The van der Waals surface area contributed by atoms with Crippen molar-refractivity contribution in [3.8, 4) is 0 Å². The van der Waals surface area contributed by atoms with Gasteiger partial charge in [0.05, 0.1) is 18.4 Å². The fourth-order valence-electron chi connectivity index (χ4n) is 1.80. The highest BCUT2D eigenvalue weighted by Crippen LogP contribution is 2.34. The molecule has 6 heteroatoms. The topological polar surface area (TPSA) is 41.5 Å². The smallest absolute Gasteiger partial charge is 0.0945 e. The average Bonchev–Trinajstić information content (AvgIpc) is 2.36. The number of benzene rings is 1. The van der Waals surface area contributed by atoms with Crippen molar-refractivity contribution in [3.05, 3.63) is 25.6 Å². The third-order valence-corrected chi connectivity index (χ3v) is 4.61. The van der Waals surface area contributed by atoms with Crippen molar-refractivity contribution in [2.24, 2.45) is 5.92 Å². The molecule has 0 amide bonds. The van der Waals surface area contributed by atoms with Crippen molar-refractivity contribution < 1.29 is 9.84 Å². The summed E-state index contributed by atoms with van der Waals surface area (Å²) >= 11 is 10.4. The van der Waals surface area contributed by atoms with Crippen LogP contribution < -0.4 is 5.32 Å². The van der Waals surface area contributed by atoms with E-state index in [2.05, 4.69) is 67.0 Å². The van der Waals surface area contributed by atoms with Crippen molar-refractivity contribution in [1.82, 2.24) is 0 Å². The third kappa shape index (κ3) is 7.98. The molecule has 0 spiro atoms. The molecule has 0 aliphatic rings. The molecule has 1 aromatic rings. The predicted octanol–water partition coefficient (Wildman–Crippen LogP) is 5.20. The third-order valence-electron chi connectivity index (χ3n) is 2.90. The summed E-state index contributed by atoms with van der Waals surface area (Å²) in [4.78, 5) is 0. The van der Waals surface area contributed by atoms with Gasteiger partial charge in [0, 0.05) is 26.6 Å². The summed E-state index contributed by atoms with van der Waals surface area (Å²) in [5, 5.41) is 13.2. The standard InChI is InChI=1S/C15H22Br3NO2/c1-10(2)4-3-5-21-9-12(20)8-19-15-13(17)6-11(16)7-14(15)18/h6-7,10,12,19-20H,3-5,8-9H2,1-2H3. The summed E-state index contributed by atoms with van der Waals surface area (Å²) in [6, 6.07) is 3.92. The van der Waals surface area contributed by atoms with Gasteiger partial charge in [-0.1, -0.05) is 29.8 Å². The SMILES string of the molecule is CC(C)CCCOCC(O)CNc1c(Br)cc(Br)cc1Br. The van der Waals surface area contributed by atoms with Gasteiger partial charge in [-0.2, -0.15) is 0 Å². The highest BCUT2D eigenvalue weighted by atomic mass is 79.9. The molecular formula is C15H22Br3NO2. The van der Waals surface area contributed by atoms with Crippen molar-refractivity contribution >= 4 is 53.5 Å².